The highest BCUT2D eigenvalue weighted by Gasteiger charge is 2.36. The maximum absolute atomic E-state index is 13.0. The number of piperidine rings is 1. The monoisotopic (exact) mass is 595 g/mol. The Balaban J connectivity index is 1.59. The third-order valence-corrected chi connectivity index (χ3v) is 8.70. The van der Waals surface area contributed by atoms with Crippen LogP contribution in [0.15, 0.2) is 33.3 Å². The Bertz CT molecular complexity index is 1010. The summed E-state index contributed by atoms with van der Waals surface area (Å²) in [6.07, 6.45) is 8.33. The number of amides is 1. The highest BCUT2D eigenvalue weighted by atomic mass is 79.9. The highest BCUT2D eigenvalue weighted by molar-refractivity contribution is 9.10. The molecule has 2 heterocycles. The van der Waals surface area contributed by atoms with Crippen molar-refractivity contribution in [2.45, 2.75) is 57.8 Å². The first kappa shape index (κ1) is 25.2. The number of pyridine rings is 1. The lowest BCUT2D eigenvalue weighted by molar-refractivity contribution is -0.133. The summed E-state index contributed by atoms with van der Waals surface area (Å²) >= 11 is 13.9. The molecule has 4 rings (SSSR count). The van der Waals surface area contributed by atoms with E-state index in [9.17, 15) is 4.79 Å². The summed E-state index contributed by atoms with van der Waals surface area (Å²) < 4.78 is 2.09. The number of aryl methyl sites for hydroxylation is 2. The van der Waals surface area contributed by atoms with Gasteiger partial charge in [-0.3, -0.25) is 9.78 Å². The molecular formula is C26H32Br2ClN3O. The number of benzene rings is 1. The molecule has 0 spiro atoms. The van der Waals surface area contributed by atoms with Gasteiger partial charge in [0.1, 0.15) is 0 Å². The fourth-order valence-electron chi connectivity index (χ4n) is 5.57. The lowest BCUT2D eigenvalue weighted by Gasteiger charge is -2.37. The van der Waals surface area contributed by atoms with E-state index in [4.69, 9.17) is 22.3 Å². The minimum Gasteiger partial charge on any atom is -0.343 e. The molecule has 2 atom stereocenters. The van der Waals surface area contributed by atoms with E-state index in [1.807, 2.05) is 12.3 Å². The van der Waals surface area contributed by atoms with E-state index in [0.717, 1.165) is 65.6 Å². The molecule has 0 bridgehead atoms. The van der Waals surface area contributed by atoms with Gasteiger partial charge in [-0.2, -0.15) is 0 Å². The van der Waals surface area contributed by atoms with Crippen molar-refractivity contribution in [2.75, 3.05) is 19.6 Å². The number of hydrogen-bond acceptors (Lipinski definition) is 3. The minimum absolute atomic E-state index is 0.204. The van der Waals surface area contributed by atoms with Crippen LogP contribution in [0.4, 0.5) is 0 Å². The van der Waals surface area contributed by atoms with Crippen LogP contribution in [-0.4, -0.2) is 35.4 Å². The van der Waals surface area contributed by atoms with Gasteiger partial charge in [-0.15, -0.1) is 0 Å². The Kier molecular flexibility index (Phi) is 8.53. The Labute approximate surface area is 218 Å². The summed E-state index contributed by atoms with van der Waals surface area (Å²) in [4.78, 5) is 20.0. The number of hydrogen-bond donors (Lipinski definition) is 1. The molecule has 1 saturated heterocycles. The fourth-order valence-corrected chi connectivity index (χ4v) is 7.07. The van der Waals surface area contributed by atoms with Crippen molar-refractivity contribution in [3.63, 3.8) is 0 Å². The summed E-state index contributed by atoms with van der Waals surface area (Å²) in [7, 11) is 0. The van der Waals surface area contributed by atoms with Crippen molar-refractivity contribution in [3.05, 3.63) is 60.7 Å². The number of nitrogens with two attached hydrogens (primary N) is 1. The van der Waals surface area contributed by atoms with Crippen LogP contribution in [-0.2, 0) is 17.6 Å². The van der Waals surface area contributed by atoms with Gasteiger partial charge in [0.25, 0.3) is 0 Å². The highest BCUT2D eigenvalue weighted by Crippen LogP contribution is 2.46. The van der Waals surface area contributed by atoms with Gasteiger partial charge in [0, 0.05) is 45.6 Å². The second-order valence-corrected chi connectivity index (χ2v) is 11.6. The molecule has 1 aliphatic carbocycles. The zero-order chi connectivity index (χ0) is 23.5. The largest absolute Gasteiger partial charge is 0.343 e. The van der Waals surface area contributed by atoms with Crippen LogP contribution < -0.4 is 5.73 Å². The third-order valence-electron chi connectivity index (χ3n) is 7.40. The number of likely N-dealkylation sites (tertiary alicyclic amines) is 1. The Morgan fingerprint density at radius 3 is 2.64 bits per heavy atom. The van der Waals surface area contributed by atoms with E-state index in [1.165, 1.54) is 22.4 Å². The van der Waals surface area contributed by atoms with E-state index in [1.54, 1.807) is 0 Å². The van der Waals surface area contributed by atoms with E-state index in [-0.39, 0.29) is 11.8 Å². The number of rotatable bonds is 6. The average Bonchev–Trinajstić information content (AvgIpc) is 2.95. The number of fused-ring (bicyclic) bond motifs is 2. The number of carbonyl (C=O) groups is 1. The van der Waals surface area contributed by atoms with Gasteiger partial charge in [0.15, 0.2) is 0 Å². The van der Waals surface area contributed by atoms with Gasteiger partial charge in [-0.05, 0) is 101 Å². The normalized spacial score (nSPS) is 19.5. The molecule has 33 heavy (non-hydrogen) atoms. The molecule has 7 heteroatoms. The molecular weight excluding hydrogens is 566 g/mol. The predicted octanol–water partition coefficient (Wildman–Crippen LogP) is 6.49. The van der Waals surface area contributed by atoms with Crippen molar-refractivity contribution in [1.82, 2.24) is 9.88 Å². The lowest BCUT2D eigenvalue weighted by atomic mass is 9.76. The van der Waals surface area contributed by atoms with Crippen LogP contribution in [0.5, 0.6) is 0 Å². The first-order valence-electron chi connectivity index (χ1n) is 12.0. The molecule has 1 aliphatic heterocycles. The quantitative estimate of drug-likeness (QED) is 0.414. The zero-order valence-corrected chi connectivity index (χ0v) is 23.1. The number of carbonyl (C=O) groups excluding carboxylic acids is 1. The van der Waals surface area contributed by atoms with Crippen molar-refractivity contribution in [2.24, 2.45) is 17.6 Å². The summed E-state index contributed by atoms with van der Waals surface area (Å²) in [5, 5.41) is 0.767. The molecule has 1 amide bonds. The molecule has 2 aromatic rings. The third kappa shape index (κ3) is 5.66. The number of nitrogens with zero attached hydrogens (tertiary/aromatic N) is 2. The van der Waals surface area contributed by atoms with Gasteiger partial charge >= 0.3 is 0 Å². The van der Waals surface area contributed by atoms with Crippen molar-refractivity contribution in [1.29, 1.82) is 0 Å². The summed E-state index contributed by atoms with van der Waals surface area (Å²) in [5.41, 5.74) is 10.9. The Hall–Kier alpha value is -0.950. The molecule has 1 unspecified atom stereocenters. The zero-order valence-electron chi connectivity index (χ0n) is 19.1. The second-order valence-electron chi connectivity index (χ2n) is 9.41. The fraction of sp³-hybridized carbons (Fsp3) is 0.538. The van der Waals surface area contributed by atoms with Crippen molar-refractivity contribution >= 4 is 49.4 Å². The van der Waals surface area contributed by atoms with Crippen molar-refractivity contribution in [3.8, 4) is 0 Å². The number of aromatic nitrogens is 1. The van der Waals surface area contributed by atoms with Crippen LogP contribution in [0.1, 0.15) is 67.3 Å². The maximum Gasteiger partial charge on any atom is 0.222 e. The molecule has 1 fully saturated rings. The lowest BCUT2D eigenvalue weighted by Crippen LogP contribution is -2.40. The van der Waals surface area contributed by atoms with Gasteiger partial charge < -0.3 is 10.6 Å². The molecule has 4 nitrogen and oxygen atoms in total. The molecule has 178 valence electrons. The first-order valence-corrected chi connectivity index (χ1v) is 14.0. The summed E-state index contributed by atoms with van der Waals surface area (Å²) in [5.74, 6) is 1.31. The van der Waals surface area contributed by atoms with E-state index >= 15 is 0 Å². The van der Waals surface area contributed by atoms with Gasteiger partial charge in [0.05, 0.1) is 5.69 Å². The van der Waals surface area contributed by atoms with E-state index in [2.05, 4.69) is 55.8 Å². The first-order chi connectivity index (χ1) is 15.9. The molecule has 1 aromatic heterocycles. The van der Waals surface area contributed by atoms with Gasteiger partial charge in [0.2, 0.25) is 5.91 Å². The van der Waals surface area contributed by atoms with Crippen LogP contribution in [0, 0.1) is 11.8 Å². The standard InChI is InChI=1S/C26H32Br2ClN3O/c1-2-16(5-8-30)11-23(33)32-9-6-17(7-10-32)25-24-18(13-21(29)14-22(24)28)3-4-19-12-20(27)15-31-26(19)25/h12-17,25H,2-11,30H2,1H3/t16?,25-/m1/s1. The van der Waals surface area contributed by atoms with Crippen molar-refractivity contribution < 1.29 is 4.79 Å². The van der Waals surface area contributed by atoms with Gasteiger partial charge in [-0.1, -0.05) is 40.9 Å². The Morgan fingerprint density at radius 1 is 1.21 bits per heavy atom. The summed E-state index contributed by atoms with van der Waals surface area (Å²) in [6, 6.07) is 6.35. The van der Waals surface area contributed by atoms with Crippen LogP contribution in [0.2, 0.25) is 5.02 Å². The predicted molar refractivity (Wildman–Crippen MR) is 142 cm³/mol. The van der Waals surface area contributed by atoms with Crippen LogP contribution in [0.3, 0.4) is 0 Å². The van der Waals surface area contributed by atoms with Gasteiger partial charge in [-0.25, -0.2) is 0 Å². The molecule has 1 aromatic carbocycles. The molecule has 2 N–H and O–H groups in total. The van der Waals surface area contributed by atoms with E-state index in [0.29, 0.717) is 24.8 Å². The van der Waals surface area contributed by atoms with Crippen LogP contribution in [0.25, 0.3) is 0 Å². The maximum atomic E-state index is 13.0. The SMILES string of the molecule is CCC(CCN)CC(=O)N1CCC([C@H]2c3ncc(Br)cc3CCc3cc(Cl)cc(Br)c32)CC1. The molecule has 2 aliphatic rings. The molecule has 0 saturated carbocycles. The number of halogens is 3. The smallest absolute Gasteiger partial charge is 0.222 e. The Morgan fingerprint density at radius 2 is 1.94 bits per heavy atom. The molecule has 0 radical (unpaired) electrons. The topological polar surface area (TPSA) is 59.2 Å². The minimum atomic E-state index is 0.204. The van der Waals surface area contributed by atoms with E-state index < -0.39 is 0 Å². The summed E-state index contributed by atoms with van der Waals surface area (Å²) in [6.45, 7) is 4.42. The second kappa shape index (κ2) is 11.2. The van der Waals surface area contributed by atoms with Crippen LogP contribution >= 0.6 is 43.5 Å². The average molecular weight is 598 g/mol.